The Morgan fingerprint density at radius 2 is 1.31 bits per heavy atom. The molecule has 0 amide bonds. The first-order valence-corrected chi connectivity index (χ1v) is 10.3. The summed E-state index contributed by atoms with van der Waals surface area (Å²) in [6.07, 6.45) is 0.744. The SMILES string of the molecule is Cc1ccc(Cc2nc(C)c(C)c(Nc3cc(C)c(C)c(C)c3C)n2)c(C)c1C. The van der Waals surface area contributed by atoms with E-state index >= 15 is 0 Å². The Morgan fingerprint density at radius 3 is 2.00 bits per heavy atom. The van der Waals surface area contributed by atoms with Crippen molar-refractivity contribution in [1.29, 1.82) is 0 Å². The average Bonchev–Trinajstić information content (AvgIpc) is 2.68. The lowest BCUT2D eigenvalue weighted by molar-refractivity contribution is 0.923. The van der Waals surface area contributed by atoms with Gasteiger partial charge in [0.2, 0.25) is 0 Å². The zero-order chi connectivity index (χ0) is 21.5. The fourth-order valence-corrected chi connectivity index (χ4v) is 3.73. The maximum absolute atomic E-state index is 4.92. The number of nitrogens with one attached hydrogen (secondary N) is 1. The Balaban J connectivity index is 2.00. The Bertz CT molecular complexity index is 1090. The number of hydrogen-bond donors (Lipinski definition) is 1. The van der Waals surface area contributed by atoms with Crippen molar-refractivity contribution in [2.75, 3.05) is 5.32 Å². The molecule has 0 atom stereocenters. The minimum atomic E-state index is 0.744. The molecule has 0 fully saturated rings. The summed E-state index contributed by atoms with van der Waals surface area (Å²) in [6.45, 7) is 19.4. The Labute approximate surface area is 175 Å². The van der Waals surface area contributed by atoms with Crippen molar-refractivity contribution >= 4 is 11.5 Å². The summed E-state index contributed by atoms with van der Waals surface area (Å²) in [7, 11) is 0. The molecule has 0 aliphatic carbocycles. The van der Waals surface area contributed by atoms with Gasteiger partial charge in [0.1, 0.15) is 11.6 Å². The smallest absolute Gasteiger partial charge is 0.137 e. The van der Waals surface area contributed by atoms with Crippen LogP contribution in [0.2, 0.25) is 0 Å². The summed E-state index contributed by atoms with van der Waals surface area (Å²) >= 11 is 0. The number of aryl methyl sites for hydroxylation is 3. The summed E-state index contributed by atoms with van der Waals surface area (Å²) in [5.74, 6) is 1.76. The molecule has 0 unspecified atom stereocenters. The molecular formula is C26H33N3. The number of hydrogen-bond acceptors (Lipinski definition) is 3. The number of aromatic nitrogens is 2. The van der Waals surface area contributed by atoms with Gasteiger partial charge in [0.25, 0.3) is 0 Å². The molecule has 0 saturated heterocycles. The minimum Gasteiger partial charge on any atom is -0.340 e. The third-order valence-corrected chi connectivity index (χ3v) is 6.69. The van der Waals surface area contributed by atoms with Gasteiger partial charge in [-0.2, -0.15) is 0 Å². The Kier molecular flexibility index (Phi) is 5.79. The normalized spacial score (nSPS) is 11.1. The van der Waals surface area contributed by atoms with Gasteiger partial charge in [-0.1, -0.05) is 12.1 Å². The quantitative estimate of drug-likeness (QED) is 0.549. The molecule has 3 aromatic rings. The monoisotopic (exact) mass is 387 g/mol. The second-order valence-corrected chi connectivity index (χ2v) is 8.41. The molecule has 3 nitrogen and oxygen atoms in total. The van der Waals surface area contributed by atoms with Crippen LogP contribution in [-0.2, 0) is 6.42 Å². The first kappa shape index (κ1) is 21.0. The second-order valence-electron chi connectivity index (χ2n) is 8.41. The van der Waals surface area contributed by atoms with Gasteiger partial charge in [-0.3, -0.25) is 0 Å². The van der Waals surface area contributed by atoms with E-state index in [0.717, 1.165) is 35.0 Å². The summed E-state index contributed by atoms with van der Waals surface area (Å²) < 4.78 is 0. The average molecular weight is 388 g/mol. The molecule has 3 heteroatoms. The van der Waals surface area contributed by atoms with Crippen molar-refractivity contribution in [3.05, 3.63) is 79.8 Å². The van der Waals surface area contributed by atoms with Crippen LogP contribution in [0.4, 0.5) is 11.5 Å². The third-order valence-electron chi connectivity index (χ3n) is 6.69. The summed E-state index contributed by atoms with van der Waals surface area (Å²) in [5, 5.41) is 3.60. The van der Waals surface area contributed by atoms with Crippen molar-refractivity contribution in [3.63, 3.8) is 0 Å². The van der Waals surface area contributed by atoms with Gasteiger partial charge in [-0.15, -0.1) is 0 Å². The maximum atomic E-state index is 4.92. The molecule has 1 heterocycles. The first-order chi connectivity index (χ1) is 13.6. The molecule has 0 bridgehead atoms. The van der Waals surface area contributed by atoms with Gasteiger partial charge < -0.3 is 5.32 Å². The highest BCUT2D eigenvalue weighted by Crippen LogP contribution is 2.29. The van der Waals surface area contributed by atoms with E-state index in [4.69, 9.17) is 9.97 Å². The van der Waals surface area contributed by atoms with Gasteiger partial charge in [-0.25, -0.2) is 9.97 Å². The van der Waals surface area contributed by atoms with Crippen LogP contribution < -0.4 is 5.32 Å². The molecule has 1 N–H and O–H groups in total. The zero-order valence-corrected chi connectivity index (χ0v) is 19.3. The fourth-order valence-electron chi connectivity index (χ4n) is 3.73. The van der Waals surface area contributed by atoms with Crippen LogP contribution in [0.25, 0.3) is 0 Å². The zero-order valence-electron chi connectivity index (χ0n) is 19.3. The summed E-state index contributed by atoms with van der Waals surface area (Å²) in [6, 6.07) is 6.63. The summed E-state index contributed by atoms with van der Waals surface area (Å²) in [4.78, 5) is 9.70. The van der Waals surface area contributed by atoms with Crippen molar-refractivity contribution in [1.82, 2.24) is 9.97 Å². The molecule has 3 rings (SSSR count). The number of nitrogens with zero attached hydrogens (tertiary/aromatic N) is 2. The molecule has 0 saturated carbocycles. The standard InChI is InChI=1S/C26H33N3/c1-14-10-11-23(19(6)16(14)3)13-25-27-22(9)21(8)26(29-25)28-24-12-15(2)17(4)18(5)20(24)7/h10-12H,13H2,1-9H3,(H,27,28,29). The van der Waals surface area contributed by atoms with Gasteiger partial charge >= 0.3 is 0 Å². The third kappa shape index (κ3) is 4.05. The minimum absolute atomic E-state index is 0.744. The number of benzene rings is 2. The van der Waals surface area contributed by atoms with E-state index in [-0.39, 0.29) is 0 Å². The Morgan fingerprint density at radius 1 is 0.655 bits per heavy atom. The van der Waals surface area contributed by atoms with Crippen molar-refractivity contribution < 1.29 is 0 Å². The molecule has 2 aromatic carbocycles. The molecule has 0 aliphatic heterocycles. The largest absolute Gasteiger partial charge is 0.340 e. The van der Waals surface area contributed by atoms with Gasteiger partial charge in [0.15, 0.2) is 0 Å². The topological polar surface area (TPSA) is 37.8 Å². The van der Waals surface area contributed by atoms with E-state index in [0.29, 0.717) is 0 Å². The summed E-state index contributed by atoms with van der Waals surface area (Å²) in [5.41, 5.74) is 13.8. The highest BCUT2D eigenvalue weighted by molar-refractivity contribution is 5.67. The molecular weight excluding hydrogens is 354 g/mol. The van der Waals surface area contributed by atoms with Crippen LogP contribution >= 0.6 is 0 Å². The van der Waals surface area contributed by atoms with E-state index in [2.05, 4.69) is 85.8 Å². The number of rotatable bonds is 4. The van der Waals surface area contributed by atoms with E-state index < -0.39 is 0 Å². The van der Waals surface area contributed by atoms with Crippen LogP contribution in [0.3, 0.4) is 0 Å². The van der Waals surface area contributed by atoms with Crippen molar-refractivity contribution in [2.45, 2.75) is 68.7 Å². The fraction of sp³-hybridized carbons (Fsp3) is 0.385. The second kappa shape index (κ2) is 7.98. The van der Waals surface area contributed by atoms with E-state index in [1.165, 1.54) is 44.5 Å². The van der Waals surface area contributed by atoms with E-state index in [1.54, 1.807) is 0 Å². The van der Waals surface area contributed by atoms with Gasteiger partial charge in [0.05, 0.1) is 0 Å². The predicted octanol–water partition coefficient (Wildman–Crippen LogP) is 6.59. The van der Waals surface area contributed by atoms with Crippen LogP contribution in [0.15, 0.2) is 18.2 Å². The lowest BCUT2D eigenvalue weighted by Crippen LogP contribution is -2.08. The maximum Gasteiger partial charge on any atom is 0.137 e. The molecule has 29 heavy (non-hydrogen) atoms. The van der Waals surface area contributed by atoms with Crippen LogP contribution in [-0.4, -0.2) is 9.97 Å². The van der Waals surface area contributed by atoms with E-state index in [9.17, 15) is 0 Å². The molecule has 1 aromatic heterocycles. The van der Waals surface area contributed by atoms with Crippen LogP contribution in [0.1, 0.15) is 61.6 Å². The van der Waals surface area contributed by atoms with Crippen LogP contribution in [0, 0.1) is 62.3 Å². The van der Waals surface area contributed by atoms with Crippen molar-refractivity contribution in [2.24, 2.45) is 0 Å². The van der Waals surface area contributed by atoms with E-state index in [1.807, 2.05) is 0 Å². The van der Waals surface area contributed by atoms with Gasteiger partial charge in [0, 0.05) is 23.4 Å². The lowest BCUT2D eigenvalue weighted by Gasteiger charge is -2.18. The van der Waals surface area contributed by atoms with Crippen LogP contribution in [0.5, 0.6) is 0 Å². The predicted molar refractivity (Wildman–Crippen MR) is 124 cm³/mol. The molecule has 0 aliphatic rings. The van der Waals surface area contributed by atoms with Gasteiger partial charge in [-0.05, 0) is 113 Å². The van der Waals surface area contributed by atoms with Crippen molar-refractivity contribution in [3.8, 4) is 0 Å². The molecule has 0 radical (unpaired) electrons. The highest BCUT2D eigenvalue weighted by atomic mass is 15.0. The highest BCUT2D eigenvalue weighted by Gasteiger charge is 2.14. The molecule has 152 valence electrons. The first-order valence-electron chi connectivity index (χ1n) is 10.3. The number of anilines is 2. The Hall–Kier alpha value is -2.68. The lowest BCUT2D eigenvalue weighted by atomic mass is 9.96. The molecule has 0 spiro atoms.